The van der Waals surface area contributed by atoms with Crippen LogP contribution in [0.1, 0.15) is 29.2 Å². The van der Waals surface area contributed by atoms with Gasteiger partial charge in [0.05, 0.1) is 39.5 Å². The van der Waals surface area contributed by atoms with Crippen molar-refractivity contribution in [3.8, 4) is 22.5 Å². The van der Waals surface area contributed by atoms with E-state index < -0.39 is 0 Å². The van der Waals surface area contributed by atoms with E-state index in [1.54, 1.807) is 0 Å². The highest BCUT2D eigenvalue weighted by atomic mass is 16.3. The summed E-state index contributed by atoms with van der Waals surface area (Å²) in [4.78, 5) is 5.88. The molecule has 5 nitrogen and oxygen atoms in total. The maximum absolute atomic E-state index is 7.37. The normalized spacial score (nSPS) is 14.1. The van der Waals surface area contributed by atoms with Crippen LogP contribution >= 0.6 is 0 Å². The van der Waals surface area contributed by atoms with Gasteiger partial charge in [-0.15, -0.1) is 0 Å². The summed E-state index contributed by atoms with van der Waals surface area (Å²) in [7, 11) is 0. The van der Waals surface area contributed by atoms with E-state index >= 15 is 0 Å². The maximum Gasteiger partial charge on any atom is 0.160 e. The second kappa shape index (κ2) is 16.8. The average Bonchev–Trinajstić information content (AvgIpc) is 4.16. The van der Waals surface area contributed by atoms with Crippen LogP contribution in [0.3, 0.4) is 0 Å². The topological polar surface area (TPSA) is 47.4 Å². The number of para-hydroxylation sites is 2. The number of hydrogen-bond donors (Lipinski definition) is 1. The van der Waals surface area contributed by atoms with Crippen molar-refractivity contribution >= 4 is 109 Å². The van der Waals surface area contributed by atoms with Gasteiger partial charge in [-0.3, -0.25) is 0 Å². The van der Waals surface area contributed by atoms with Gasteiger partial charge in [-0.05, 0) is 128 Å². The molecule has 0 amide bonds. The summed E-state index contributed by atoms with van der Waals surface area (Å²) in [5, 5.41) is 18.1. The fourth-order valence-electron chi connectivity index (χ4n) is 12.5. The van der Waals surface area contributed by atoms with Crippen molar-refractivity contribution in [1.82, 2.24) is 14.5 Å². The first-order valence-electron chi connectivity index (χ1n) is 26.2. The van der Waals surface area contributed by atoms with Crippen molar-refractivity contribution in [2.45, 2.75) is 12.5 Å². The van der Waals surface area contributed by atoms with Gasteiger partial charge >= 0.3 is 0 Å². The molecule has 1 aliphatic rings. The van der Waals surface area contributed by atoms with E-state index in [2.05, 4.69) is 269 Å². The third kappa shape index (κ3) is 6.55. The molecule has 0 radical (unpaired) electrons. The number of aromatic nitrogens is 2. The molecule has 1 N–H and O–H groups in total. The van der Waals surface area contributed by atoms with E-state index in [4.69, 9.17) is 9.41 Å². The second-order valence-corrected chi connectivity index (χ2v) is 20.2. The summed E-state index contributed by atoms with van der Waals surface area (Å²) < 4.78 is 12.2. The van der Waals surface area contributed by atoms with Crippen LogP contribution in [0.4, 0.5) is 0 Å². The molecule has 16 rings (SSSR count). The van der Waals surface area contributed by atoms with Gasteiger partial charge < -0.3 is 18.9 Å². The van der Waals surface area contributed by atoms with Crippen LogP contribution in [0.25, 0.3) is 126 Å². The molecule has 4 heterocycles. The summed E-state index contributed by atoms with van der Waals surface area (Å²) >= 11 is 0. The minimum atomic E-state index is -0.114. The number of hydrogen-bond acceptors (Lipinski definition) is 3. The van der Waals surface area contributed by atoms with Gasteiger partial charge in [0.2, 0.25) is 0 Å². The molecule has 0 fully saturated rings. The van der Waals surface area contributed by atoms with Gasteiger partial charge in [-0.25, -0.2) is 4.99 Å². The second-order valence-electron chi connectivity index (χ2n) is 20.2. The highest BCUT2D eigenvalue weighted by Crippen LogP contribution is 2.45. The molecule has 5 heteroatoms. The first-order chi connectivity index (χ1) is 37.7. The Hall–Kier alpha value is -9.97. The third-order valence-electron chi connectivity index (χ3n) is 16.0. The van der Waals surface area contributed by atoms with Crippen LogP contribution in [0, 0.1) is 0 Å². The number of furan rings is 1. The molecule has 1 unspecified atom stereocenters. The van der Waals surface area contributed by atoms with Crippen molar-refractivity contribution in [1.29, 1.82) is 0 Å². The predicted octanol–water partition coefficient (Wildman–Crippen LogP) is 18.4. The SMILES string of the molecule is C1=C(c2cccc3c2c2ccccc2n3-c2ccccc2)N=C(c2ccc(-n3c4cc5ccccc5cc4c4c5ccccc5ccc43)c3oc4cc5ccccc5cc4c23)NC(c2cccc(-c3ccccc3)c2)C1. The summed E-state index contributed by atoms with van der Waals surface area (Å²) in [6.45, 7) is 0. The van der Waals surface area contributed by atoms with Gasteiger partial charge in [-0.1, -0.05) is 182 Å². The average molecular weight is 971 g/mol. The lowest BCUT2D eigenvalue weighted by Gasteiger charge is -2.21. The first kappa shape index (κ1) is 42.5. The Kier molecular flexibility index (Phi) is 9.39. The number of rotatable bonds is 6. The third-order valence-corrected chi connectivity index (χ3v) is 16.0. The zero-order valence-electron chi connectivity index (χ0n) is 41.3. The van der Waals surface area contributed by atoms with Gasteiger partial charge in [0.1, 0.15) is 11.4 Å². The summed E-state index contributed by atoms with van der Waals surface area (Å²) in [6, 6.07) is 90.0. The fourth-order valence-corrected chi connectivity index (χ4v) is 12.5. The summed E-state index contributed by atoms with van der Waals surface area (Å²) in [5.74, 6) is 0.786. The number of nitrogens with zero attached hydrogens (tertiary/aromatic N) is 3. The van der Waals surface area contributed by atoms with Crippen LogP contribution < -0.4 is 5.32 Å². The van der Waals surface area contributed by atoms with Crippen LogP contribution in [0.15, 0.2) is 264 Å². The molecule has 1 aliphatic heterocycles. The Labute approximate surface area is 437 Å². The van der Waals surface area contributed by atoms with E-state index in [1.807, 2.05) is 0 Å². The monoisotopic (exact) mass is 970 g/mol. The minimum absolute atomic E-state index is 0.114. The summed E-state index contributed by atoms with van der Waals surface area (Å²) in [5.41, 5.74) is 14.8. The Morgan fingerprint density at radius 1 is 0.408 bits per heavy atom. The molecule has 76 heavy (non-hydrogen) atoms. The number of benzene rings is 12. The number of fused-ring (bicyclic) bond motifs is 13. The Bertz CT molecular complexity index is 4940. The standard InChI is InChI=1S/C71H46N4O/c1-3-17-44(18-4-1)46-24-15-25-51(39-46)59-35-36-60(54-30-16-32-62-68(54)55-29-13-14-31-61(55)74(62)52-26-5-2-6-27-52)73-71(72-59)56-34-38-64(70-69(56)58-41-48-21-8-10-23-50(48)43-66(58)76-70)75-63-37-33-45-19-11-12-28-53(45)67(63)57-40-47-20-7-9-22-49(47)42-65(57)75/h1-34,36-43,59H,35H2,(H,72,73). The number of amidine groups is 1. The van der Waals surface area contributed by atoms with E-state index in [0.29, 0.717) is 6.42 Å². The van der Waals surface area contributed by atoms with E-state index in [1.165, 1.54) is 59.8 Å². The maximum atomic E-state index is 7.37. The smallest absolute Gasteiger partial charge is 0.160 e. The van der Waals surface area contributed by atoms with Crippen LogP contribution in [-0.2, 0) is 0 Å². The van der Waals surface area contributed by atoms with Crippen molar-refractivity contribution in [2.75, 3.05) is 0 Å². The van der Waals surface area contributed by atoms with Crippen molar-refractivity contribution in [3.63, 3.8) is 0 Å². The molecule has 0 saturated carbocycles. The molecule has 0 saturated heterocycles. The van der Waals surface area contributed by atoms with Crippen molar-refractivity contribution in [2.24, 2.45) is 4.99 Å². The Balaban J connectivity index is 0.980. The highest BCUT2D eigenvalue weighted by molar-refractivity contribution is 6.26. The minimum Gasteiger partial charge on any atom is -0.454 e. The molecule has 356 valence electrons. The van der Waals surface area contributed by atoms with Gasteiger partial charge in [-0.2, -0.15) is 0 Å². The quantitative estimate of drug-likeness (QED) is 0.180. The largest absolute Gasteiger partial charge is 0.454 e. The highest BCUT2D eigenvalue weighted by Gasteiger charge is 2.27. The van der Waals surface area contributed by atoms with Crippen LogP contribution in [0.5, 0.6) is 0 Å². The van der Waals surface area contributed by atoms with Gasteiger partial charge in [0.15, 0.2) is 5.58 Å². The van der Waals surface area contributed by atoms with E-state index in [9.17, 15) is 0 Å². The molecule has 15 aromatic rings. The lowest BCUT2D eigenvalue weighted by atomic mass is 9.96. The molecule has 0 spiro atoms. The molecule has 3 aromatic heterocycles. The van der Waals surface area contributed by atoms with Crippen molar-refractivity contribution < 1.29 is 4.42 Å². The zero-order valence-corrected chi connectivity index (χ0v) is 41.3. The lowest BCUT2D eigenvalue weighted by Crippen LogP contribution is -2.28. The fraction of sp³-hybridized carbons (Fsp3) is 0.0282. The molecule has 12 aromatic carbocycles. The lowest BCUT2D eigenvalue weighted by molar-refractivity contribution is 0.662. The van der Waals surface area contributed by atoms with Gasteiger partial charge in [0.25, 0.3) is 0 Å². The Morgan fingerprint density at radius 3 is 1.87 bits per heavy atom. The molecular weight excluding hydrogens is 925 g/mol. The van der Waals surface area contributed by atoms with Crippen molar-refractivity contribution in [3.05, 3.63) is 271 Å². The number of aliphatic imine (C=N–C) groups is 1. The summed E-state index contributed by atoms with van der Waals surface area (Å²) in [6.07, 6.45) is 3.05. The molecule has 0 aliphatic carbocycles. The van der Waals surface area contributed by atoms with E-state index in [0.717, 1.165) is 88.8 Å². The Morgan fingerprint density at radius 2 is 1.05 bits per heavy atom. The molecular formula is C71H46N4O. The predicted molar refractivity (Wildman–Crippen MR) is 318 cm³/mol. The zero-order chi connectivity index (χ0) is 49.8. The molecule has 0 bridgehead atoms. The van der Waals surface area contributed by atoms with Gasteiger partial charge in [0, 0.05) is 49.1 Å². The number of nitrogens with one attached hydrogen (secondary N) is 1. The van der Waals surface area contributed by atoms with Crippen LogP contribution in [0.2, 0.25) is 0 Å². The van der Waals surface area contributed by atoms with Crippen LogP contribution in [-0.4, -0.2) is 15.0 Å². The first-order valence-corrected chi connectivity index (χ1v) is 26.2. The molecule has 1 atom stereocenters. The van der Waals surface area contributed by atoms with E-state index in [-0.39, 0.29) is 6.04 Å².